The average molecular weight is 432 g/mol. The standard InChI is InChI=1S/C17H28N4O.HI/c1-3-5-6-7-11-20-17(18)21-13-14-9-8-10-15(12-14)16(22)19-4-2;/h8-10,12H,3-7,11,13H2,1-2H3,(H,19,22)(H3,18,20,21);1H. The first-order valence-electron chi connectivity index (χ1n) is 8.08. The molecule has 4 N–H and O–H groups in total. The van der Waals surface area contributed by atoms with E-state index in [4.69, 9.17) is 5.73 Å². The molecule has 0 aliphatic carbocycles. The Balaban J connectivity index is 0.00000484. The number of carbonyl (C=O) groups excluding carboxylic acids is 1. The van der Waals surface area contributed by atoms with Crippen molar-refractivity contribution in [3.63, 3.8) is 0 Å². The maximum atomic E-state index is 11.8. The van der Waals surface area contributed by atoms with Crippen molar-refractivity contribution in [2.45, 2.75) is 46.1 Å². The number of amides is 1. The van der Waals surface area contributed by atoms with E-state index in [-0.39, 0.29) is 29.9 Å². The predicted octanol–water partition coefficient (Wildman–Crippen LogP) is 3.04. The number of hydrogen-bond donors (Lipinski definition) is 3. The van der Waals surface area contributed by atoms with Gasteiger partial charge in [0.2, 0.25) is 0 Å². The summed E-state index contributed by atoms with van der Waals surface area (Å²) in [5.41, 5.74) is 7.47. The second kappa shape index (κ2) is 13.2. The third-order valence-electron chi connectivity index (χ3n) is 3.29. The lowest BCUT2D eigenvalue weighted by molar-refractivity contribution is 0.0955. The SMILES string of the molecule is CCCCCCNC(N)=NCc1cccc(C(=O)NCC)c1.I. The number of guanidine groups is 1. The Labute approximate surface area is 156 Å². The van der Waals surface area contributed by atoms with E-state index in [1.807, 2.05) is 25.1 Å². The number of halogens is 1. The molecule has 1 rings (SSSR count). The van der Waals surface area contributed by atoms with E-state index >= 15 is 0 Å². The average Bonchev–Trinajstić information content (AvgIpc) is 2.53. The van der Waals surface area contributed by atoms with Crippen LogP contribution in [-0.2, 0) is 6.54 Å². The van der Waals surface area contributed by atoms with Gasteiger partial charge in [0.05, 0.1) is 6.54 Å². The van der Waals surface area contributed by atoms with Crippen LogP contribution in [0.5, 0.6) is 0 Å². The fraction of sp³-hybridized carbons (Fsp3) is 0.529. The van der Waals surface area contributed by atoms with Crippen molar-refractivity contribution in [1.82, 2.24) is 10.6 Å². The highest BCUT2D eigenvalue weighted by molar-refractivity contribution is 14.0. The van der Waals surface area contributed by atoms with Gasteiger partial charge in [-0.25, -0.2) is 4.99 Å². The van der Waals surface area contributed by atoms with E-state index in [2.05, 4.69) is 22.5 Å². The summed E-state index contributed by atoms with van der Waals surface area (Å²) in [6, 6.07) is 7.46. The molecule has 0 radical (unpaired) electrons. The summed E-state index contributed by atoms with van der Waals surface area (Å²) in [6.45, 7) is 6.04. The Bertz CT molecular complexity index is 491. The summed E-state index contributed by atoms with van der Waals surface area (Å²) in [5, 5.41) is 5.90. The van der Waals surface area contributed by atoms with Gasteiger partial charge in [-0.15, -0.1) is 24.0 Å². The Hall–Kier alpha value is -1.31. The number of hydrogen-bond acceptors (Lipinski definition) is 2. The van der Waals surface area contributed by atoms with Gasteiger partial charge in [0.1, 0.15) is 0 Å². The van der Waals surface area contributed by atoms with Crippen molar-refractivity contribution in [2.75, 3.05) is 13.1 Å². The highest BCUT2D eigenvalue weighted by Gasteiger charge is 2.04. The number of aliphatic imine (C=N–C) groups is 1. The van der Waals surface area contributed by atoms with Crippen LogP contribution in [0.15, 0.2) is 29.3 Å². The second-order valence-corrected chi connectivity index (χ2v) is 5.25. The zero-order chi connectivity index (χ0) is 16.2. The summed E-state index contributed by atoms with van der Waals surface area (Å²) >= 11 is 0. The zero-order valence-electron chi connectivity index (χ0n) is 14.1. The second-order valence-electron chi connectivity index (χ2n) is 5.25. The van der Waals surface area contributed by atoms with Crippen LogP contribution in [0.25, 0.3) is 0 Å². The molecule has 5 nitrogen and oxygen atoms in total. The number of benzene rings is 1. The molecule has 0 saturated heterocycles. The van der Waals surface area contributed by atoms with E-state index < -0.39 is 0 Å². The largest absolute Gasteiger partial charge is 0.370 e. The topological polar surface area (TPSA) is 79.5 Å². The molecule has 0 atom stereocenters. The van der Waals surface area contributed by atoms with Crippen LogP contribution < -0.4 is 16.4 Å². The highest BCUT2D eigenvalue weighted by Crippen LogP contribution is 2.06. The van der Waals surface area contributed by atoms with E-state index in [1.54, 1.807) is 6.07 Å². The van der Waals surface area contributed by atoms with Gasteiger partial charge in [0.15, 0.2) is 5.96 Å². The molecule has 0 bridgehead atoms. The molecule has 0 spiro atoms. The van der Waals surface area contributed by atoms with E-state index in [0.717, 1.165) is 18.5 Å². The molecule has 0 fully saturated rings. The molecule has 0 aliphatic heterocycles. The molecule has 0 saturated carbocycles. The minimum atomic E-state index is -0.0599. The molecular formula is C17H29IN4O. The Morgan fingerprint density at radius 2 is 1.96 bits per heavy atom. The first-order valence-corrected chi connectivity index (χ1v) is 8.08. The van der Waals surface area contributed by atoms with E-state index in [0.29, 0.717) is 24.6 Å². The third kappa shape index (κ3) is 9.43. The summed E-state index contributed by atoms with van der Waals surface area (Å²) in [5.74, 6) is 0.398. The van der Waals surface area contributed by atoms with Crippen LogP contribution >= 0.6 is 24.0 Å². The molecule has 1 aromatic rings. The number of nitrogens with one attached hydrogen (secondary N) is 2. The molecule has 1 amide bonds. The van der Waals surface area contributed by atoms with Crippen molar-refractivity contribution in [1.29, 1.82) is 0 Å². The van der Waals surface area contributed by atoms with Crippen molar-refractivity contribution >= 4 is 35.8 Å². The van der Waals surface area contributed by atoms with E-state index in [9.17, 15) is 4.79 Å². The number of unbranched alkanes of at least 4 members (excludes halogenated alkanes) is 3. The van der Waals surface area contributed by atoms with Crippen molar-refractivity contribution in [2.24, 2.45) is 10.7 Å². The summed E-state index contributed by atoms with van der Waals surface area (Å²) in [4.78, 5) is 16.1. The zero-order valence-corrected chi connectivity index (χ0v) is 16.4. The maximum Gasteiger partial charge on any atom is 0.251 e. The van der Waals surface area contributed by atoms with Crippen molar-refractivity contribution < 1.29 is 4.79 Å². The van der Waals surface area contributed by atoms with Crippen LogP contribution in [0.2, 0.25) is 0 Å². The number of rotatable bonds is 9. The van der Waals surface area contributed by atoms with Gasteiger partial charge < -0.3 is 16.4 Å². The van der Waals surface area contributed by atoms with Crippen LogP contribution in [0.4, 0.5) is 0 Å². The Morgan fingerprint density at radius 3 is 2.65 bits per heavy atom. The molecule has 0 unspecified atom stereocenters. The van der Waals surface area contributed by atoms with Gasteiger partial charge in [-0.05, 0) is 31.0 Å². The Kier molecular flexibility index (Phi) is 12.4. The molecule has 23 heavy (non-hydrogen) atoms. The van der Waals surface area contributed by atoms with Gasteiger partial charge in [0.25, 0.3) is 5.91 Å². The fourth-order valence-electron chi connectivity index (χ4n) is 2.07. The Morgan fingerprint density at radius 1 is 1.17 bits per heavy atom. The van der Waals surface area contributed by atoms with Crippen LogP contribution in [0, 0.1) is 0 Å². The molecule has 0 heterocycles. The molecule has 130 valence electrons. The fourth-order valence-corrected chi connectivity index (χ4v) is 2.07. The van der Waals surface area contributed by atoms with Gasteiger partial charge in [0, 0.05) is 18.7 Å². The number of nitrogens with zero attached hydrogens (tertiary/aromatic N) is 1. The summed E-state index contributed by atoms with van der Waals surface area (Å²) in [6.07, 6.45) is 4.80. The molecule has 1 aromatic carbocycles. The van der Waals surface area contributed by atoms with Gasteiger partial charge in [-0.2, -0.15) is 0 Å². The monoisotopic (exact) mass is 432 g/mol. The molecular weight excluding hydrogens is 403 g/mol. The smallest absolute Gasteiger partial charge is 0.251 e. The van der Waals surface area contributed by atoms with Crippen molar-refractivity contribution in [3.05, 3.63) is 35.4 Å². The molecule has 0 aromatic heterocycles. The van der Waals surface area contributed by atoms with Crippen LogP contribution in [0.1, 0.15) is 55.5 Å². The minimum absolute atomic E-state index is 0. The maximum absolute atomic E-state index is 11.8. The van der Waals surface area contributed by atoms with E-state index in [1.165, 1.54) is 19.3 Å². The van der Waals surface area contributed by atoms with Gasteiger partial charge in [-0.3, -0.25) is 4.79 Å². The number of nitrogens with two attached hydrogens (primary N) is 1. The van der Waals surface area contributed by atoms with Crippen LogP contribution in [0.3, 0.4) is 0 Å². The highest BCUT2D eigenvalue weighted by atomic mass is 127. The van der Waals surface area contributed by atoms with Gasteiger partial charge in [-0.1, -0.05) is 38.3 Å². The quantitative estimate of drug-likeness (QED) is 0.243. The first-order chi connectivity index (χ1) is 10.7. The third-order valence-corrected chi connectivity index (χ3v) is 3.29. The number of carbonyl (C=O) groups is 1. The summed E-state index contributed by atoms with van der Waals surface area (Å²) < 4.78 is 0. The predicted molar refractivity (Wildman–Crippen MR) is 107 cm³/mol. The first kappa shape index (κ1) is 21.7. The van der Waals surface area contributed by atoms with Crippen LogP contribution in [-0.4, -0.2) is 25.0 Å². The summed E-state index contributed by atoms with van der Waals surface area (Å²) in [7, 11) is 0. The lowest BCUT2D eigenvalue weighted by Crippen LogP contribution is -2.32. The molecule has 6 heteroatoms. The minimum Gasteiger partial charge on any atom is -0.370 e. The molecule has 0 aliphatic rings. The lowest BCUT2D eigenvalue weighted by Gasteiger charge is -2.06. The van der Waals surface area contributed by atoms with Gasteiger partial charge >= 0.3 is 0 Å². The van der Waals surface area contributed by atoms with Crippen molar-refractivity contribution in [3.8, 4) is 0 Å². The normalized spacial score (nSPS) is 10.8. The lowest BCUT2D eigenvalue weighted by atomic mass is 10.1.